The third-order valence-electron chi connectivity index (χ3n) is 4.67. The van der Waals surface area contributed by atoms with E-state index in [9.17, 15) is 4.79 Å². The van der Waals surface area contributed by atoms with Crippen LogP contribution in [0.1, 0.15) is 18.9 Å². The van der Waals surface area contributed by atoms with Crippen LogP contribution in [-0.2, 0) is 11.3 Å². The molecule has 24 heavy (non-hydrogen) atoms. The summed E-state index contributed by atoms with van der Waals surface area (Å²) in [5.41, 5.74) is 1.45. The zero-order chi connectivity index (χ0) is 17.1. The van der Waals surface area contributed by atoms with E-state index in [1.54, 1.807) is 13.3 Å². The van der Waals surface area contributed by atoms with Gasteiger partial charge in [-0.05, 0) is 17.9 Å². The number of ether oxygens (including phenoxy) is 1. The first kappa shape index (κ1) is 17.0. The number of hydrogen-bond donors (Lipinski definition) is 0. The summed E-state index contributed by atoms with van der Waals surface area (Å²) >= 11 is 6.37. The van der Waals surface area contributed by atoms with E-state index in [4.69, 9.17) is 16.3 Å². The van der Waals surface area contributed by atoms with Crippen LogP contribution >= 0.6 is 11.6 Å². The summed E-state index contributed by atoms with van der Waals surface area (Å²) in [6.07, 6.45) is 2.83. The Bertz CT molecular complexity index is 748. The van der Waals surface area contributed by atoms with Crippen LogP contribution in [0, 0.1) is 5.92 Å². The molecular weight excluding hydrogens is 326 g/mol. The Morgan fingerprint density at radius 3 is 2.79 bits per heavy atom. The highest BCUT2D eigenvalue weighted by atomic mass is 35.5. The van der Waals surface area contributed by atoms with E-state index in [1.807, 2.05) is 30.3 Å². The van der Waals surface area contributed by atoms with Crippen LogP contribution in [-0.4, -0.2) is 36.1 Å². The average Bonchev–Trinajstić information content (AvgIpc) is 2.61. The highest BCUT2D eigenvalue weighted by Gasteiger charge is 2.28. The van der Waals surface area contributed by atoms with Crippen molar-refractivity contribution >= 4 is 17.3 Å². The molecule has 2 heterocycles. The van der Waals surface area contributed by atoms with Gasteiger partial charge in [-0.2, -0.15) is 5.10 Å². The van der Waals surface area contributed by atoms with Crippen LogP contribution in [0.4, 0.5) is 5.69 Å². The van der Waals surface area contributed by atoms with E-state index in [2.05, 4.69) is 16.9 Å². The molecule has 2 unspecified atom stereocenters. The molecule has 1 aliphatic heterocycles. The number of rotatable bonds is 4. The lowest BCUT2D eigenvalue weighted by atomic mass is 9.95. The Kier molecular flexibility index (Phi) is 5.21. The van der Waals surface area contributed by atoms with Crippen molar-refractivity contribution in [3.63, 3.8) is 0 Å². The van der Waals surface area contributed by atoms with Gasteiger partial charge < -0.3 is 9.64 Å². The normalized spacial score (nSPS) is 21.0. The maximum atomic E-state index is 12.6. The summed E-state index contributed by atoms with van der Waals surface area (Å²) in [6.45, 7) is 4.17. The Labute approximate surface area is 146 Å². The maximum absolute atomic E-state index is 12.6. The molecule has 0 saturated carbocycles. The molecule has 2 aromatic rings. The zero-order valence-electron chi connectivity index (χ0n) is 14.0. The van der Waals surface area contributed by atoms with Gasteiger partial charge in [0, 0.05) is 20.2 Å². The Hall–Kier alpha value is -1.85. The summed E-state index contributed by atoms with van der Waals surface area (Å²) in [5.74, 6) is 0.497. The largest absolute Gasteiger partial charge is 0.379 e. The van der Waals surface area contributed by atoms with Crippen molar-refractivity contribution in [3.05, 3.63) is 57.5 Å². The van der Waals surface area contributed by atoms with Crippen molar-refractivity contribution < 1.29 is 4.74 Å². The van der Waals surface area contributed by atoms with Gasteiger partial charge >= 0.3 is 0 Å². The minimum Gasteiger partial charge on any atom is -0.379 e. The predicted molar refractivity (Wildman–Crippen MR) is 95.8 cm³/mol. The molecule has 1 saturated heterocycles. The summed E-state index contributed by atoms with van der Waals surface area (Å²) in [6, 6.07) is 9.75. The SMILES string of the molecule is COC1CN(c2cnn(Cc3ccccc3)c(=O)c2Cl)CCC1C. The van der Waals surface area contributed by atoms with E-state index in [0.29, 0.717) is 18.2 Å². The minimum absolute atomic E-state index is 0.140. The molecule has 1 aromatic heterocycles. The number of nitrogens with zero attached hydrogens (tertiary/aromatic N) is 3. The monoisotopic (exact) mass is 347 g/mol. The van der Waals surface area contributed by atoms with Crippen LogP contribution in [0.25, 0.3) is 0 Å². The van der Waals surface area contributed by atoms with Crippen molar-refractivity contribution in [3.8, 4) is 0 Å². The number of anilines is 1. The molecule has 3 rings (SSSR count). The summed E-state index contributed by atoms with van der Waals surface area (Å²) in [4.78, 5) is 14.7. The number of benzene rings is 1. The fourth-order valence-electron chi connectivity index (χ4n) is 3.11. The van der Waals surface area contributed by atoms with E-state index in [1.165, 1.54) is 4.68 Å². The Morgan fingerprint density at radius 2 is 2.08 bits per heavy atom. The maximum Gasteiger partial charge on any atom is 0.287 e. The summed E-state index contributed by atoms with van der Waals surface area (Å²) in [5, 5.41) is 4.54. The van der Waals surface area contributed by atoms with Gasteiger partial charge in [0.2, 0.25) is 0 Å². The van der Waals surface area contributed by atoms with Gasteiger partial charge in [-0.3, -0.25) is 4.79 Å². The highest BCUT2D eigenvalue weighted by Crippen LogP contribution is 2.27. The van der Waals surface area contributed by atoms with Crippen molar-refractivity contribution in [1.29, 1.82) is 0 Å². The molecule has 0 N–H and O–H groups in total. The molecule has 0 aliphatic carbocycles. The summed E-state index contributed by atoms with van der Waals surface area (Å²) in [7, 11) is 1.72. The first-order chi connectivity index (χ1) is 11.6. The fraction of sp³-hybridized carbons (Fsp3) is 0.444. The Morgan fingerprint density at radius 1 is 1.33 bits per heavy atom. The smallest absolute Gasteiger partial charge is 0.287 e. The molecule has 0 spiro atoms. The molecule has 0 radical (unpaired) electrons. The first-order valence-electron chi connectivity index (χ1n) is 8.17. The van der Waals surface area contributed by atoms with Crippen LogP contribution < -0.4 is 10.5 Å². The van der Waals surface area contributed by atoms with Crippen molar-refractivity contribution in [2.45, 2.75) is 26.0 Å². The molecule has 2 atom stereocenters. The van der Waals surface area contributed by atoms with Gasteiger partial charge in [0.25, 0.3) is 5.56 Å². The number of aromatic nitrogens is 2. The third-order valence-corrected chi connectivity index (χ3v) is 5.03. The van der Waals surface area contributed by atoms with Crippen molar-refractivity contribution in [2.75, 3.05) is 25.1 Å². The second kappa shape index (κ2) is 7.36. The highest BCUT2D eigenvalue weighted by molar-refractivity contribution is 6.33. The zero-order valence-corrected chi connectivity index (χ0v) is 14.7. The Balaban J connectivity index is 1.84. The van der Waals surface area contributed by atoms with Gasteiger partial charge in [0.05, 0.1) is 24.5 Å². The molecule has 6 heteroatoms. The molecular formula is C18H22ClN3O2. The van der Waals surface area contributed by atoms with E-state index < -0.39 is 0 Å². The van der Waals surface area contributed by atoms with Gasteiger partial charge in [0.1, 0.15) is 5.02 Å². The van der Waals surface area contributed by atoms with Gasteiger partial charge in [-0.25, -0.2) is 4.68 Å². The second-order valence-electron chi connectivity index (χ2n) is 6.28. The molecule has 1 aromatic carbocycles. The lowest BCUT2D eigenvalue weighted by molar-refractivity contribution is 0.0498. The topological polar surface area (TPSA) is 47.4 Å². The van der Waals surface area contributed by atoms with Crippen molar-refractivity contribution in [1.82, 2.24) is 9.78 Å². The van der Waals surface area contributed by atoms with Crippen molar-refractivity contribution in [2.24, 2.45) is 5.92 Å². The standard InChI is InChI=1S/C18H22ClN3O2/c1-13-8-9-21(12-16(13)24-2)15-10-20-22(18(23)17(15)19)11-14-6-4-3-5-7-14/h3-7,10,13,16H,8-9,11-12H2,1-2H3. The first-order valence-corrected chi connectivity index (χ1v) is 8.55. The van der Waals surface area contributed by atoms with Gasteiger partial charge in [-0.15, -0.1) is 0 Å². The predicted octanol–water partition coefficient (Wildman–Crippen LogP) is 2.81. The van der Waals surface area contributed by atoms with E-state index in [0.717, 1.165) is 25.1 Å². The minimum atomic E-state index is -0.259. The number of halogens is 1. The average molecular weight is 348 g/mol. The lowest BCUT2D eigenvalue weighted by Crippen LogP contribution is -2.44. The second-order valence-corrected chi connectivity index (χ2v) is 6.66. The van der Waals surface area contributed by atoms with Crippen LogP contribution in [0.5, 0.6) is 0 Å². The molecule has 1 aliphatic rings. The van der Waals surface area contributed by atoms with Crippen LogP contribution in [0.3, 0.4) is 0 Å². The molecule has 128 valence electrons. The van der Waals surface area contributed by atoms with Gasteiger partial charge in [-0.1, -0.05) is 48.9 Å². The molecule has 1 fully saturated rings. The quantitative estimate of drug-likeness (QED) is 0.853. The number of methoxy groups -OCH3 is 1. The van der Waals surface area contributed by atoms with Crippen LogP contribution in [0.2, 0.25) is 5.02 Å². The van der Waals surface area contributed by atoms with Crippen LogP contribution in [0.15, 0.2) is 41.3 Å². The molecule has 5 nitrogen and oxygen atoms in total. The molecule has 0 bridgehead atoms. The number of hydrogen-bond acceptors (Lipinski definition) is 4. The van der Waals surface area contributed by atoms with E-state index in [-0.39, 0.29) is 16.7 Å². The number of piperidine rings is 1. The van der Waals surface area contributed by atoms with E-state index >= 15 is 0 Å². The molecule has 0 amide bonds. The fourth-order valence-corrected chi connectivity index (χ4v) is 3.37. The lowest BCUT2D eigenvalue weighted by Gasteiger charge is -2.37. The third kappa shape index (κ3) is 3.47. The summed E-state index contributed by atoms with van der Waals surface area (Å²) < 4.78 is 6.94. The van der Waals surface area contributed by atoms with Gasteiger partial charge in [0.15, 0.2) is 0 Å².